The predicted octanol–water partition coefficient (Wildman–Crippen LogP) is 5.68. The molecule has 0 fully saturated rings. The number of allylic oxidation sites excluding steroid dienone is 1. The molecule has 0 amide bonds. The van der Waals surface area contributed by atoms with Gasteiger partial charge in [0.05, 0.1) is 10.2 Å². The van der Waals surface area contributed by atoms with Crippen LogP contribution in [0.1, 0.15) is 29.5 Å². The summed E-state index contributed by atoms with van der Waals surface area (Å²) in [6, 6.07) is 17.1. The van der Waals surface area contributed by atoms with E-state index in [1.165, 1.54) is 20.8 Å². The van der Waals surface area contributed by atoms with E-state index in [2.05, 4.69) is 75.0 Å². The van der Waals surface area contributed by atoms with Gasteiger partial charge in [0.15, 0.2) is 0 Å². The lowest BCUT2D eigenvalue weighted by atomic mass is 9.85. The van der Waals surface area contributed by atoms with E-state index in [4.69, 9.17) is 4.98 Å². The van der Waals surface area contributed by atoms with Crippen LogP contribution < -0.4 is 0 Å². The average Bonchev–Trinajstić information content (AvgIpc) is 2.97. The number of aryl methyl sites for hydroxylation is 2. The number of hydrogen-bond acceptors (Lipinski definition) is 2. The van der Waals surface area contributed by atoms with Gasteiger partial charge in [0.25, 0.3) is 0 Å². The van der Waals surface area contributed by atoms with Gasteiger partial charge in [-0.05, 0) is 49.9 Å². The Morgan fingerprint density at radius 3 is 2.68 bits per heavy atom. The van der Waals surface area contributed by atoms with Gasteiger partial charge in [-0.15, -0.1) is 17.9 Å². The molecule has 0 spiro atoms. The fourth-order valence-electron chi connectivity index (χ4n) is 2.62. The Morgan fingerprint density at radius 2 is 1.95 bits per heavy atom. The molecule has 3 rings (SSSR count). The molecule has 0 radical (unpaired) electrons. The van der Waals surface area contributed by atoms with Crippen molar-refractivity contribution in [1.82, 2.24) is 4.98 Å². The van der Waals surface area contributed by atoms with Crippen LogP contribution in [-0.2, 0) is 11.8 Å². The molecule has 3 aromatic rings. The van der Waals surface area contributed by atoms with Gasteiger partial charge >= 0.3 is 0 Å². The Morgan fingerprint density at radius 1 is 1.18 bits per heavy atom. The van der Waals surface area contributed by atoms with E-state index >= 15 is 0 Å². The summed E-state index contributed by atoms with van der Waals surface area (Å²) < 4.78 is 1.27. The van der Waals surface area contributed by atoms with Crippen molar-refractivity contribution in [3.63, 3.8) is 0 Å². The van der Waals surface area contributed by atoms with Crippen molar-refractivity contribution in [3.05, 3.63) is 77.3 Å². The average molecular weight is 307 g/mol. The summed E-state index contributed by atoms with van der Waals surface area (Å²) in [6.07, 6.45) is 4.12. The minimum atomic E-state index is -0.0760. The van der Waals surface area contributed by atoms with Gasteiger partial charge in [0, 0.05) is 5.41 Å². The predicted molar refractivity (Wildman–Crippen MR) is 96.7 cm³/mol. The van der Waals surface area contributed by atoms with Crippen molar-refractivity contribution < 1.29 is 0 Å². The van der Waals surface area contributed by atoms with E-state index in [0.717, 1.165) is 18.4 Å². The lowest BCUT2D eigenvalue weighted by molar-refractivity contribution is 0.538. The van der Waals surface area contributed by atoms with Crippen LogP contribution in [0.25, 0.3) is 10.2 Å². The van der Waals surface area contributed by atoms with Gasteiger partial charge in [-0.25, -0.2) is 4.98 Å². The Labute approximate surface area is 136 Å². The number of hydrogen-bond donors (Lipinski definition) is 0. The van der Waals surface area contributed by atoms with Crippen molar-refractivity contribution in [2.75, 3.05) is 0 Å². The molecule has 1 aromatic heterocycles. The van der Waals surface area contributed by atoms with Gasteiger partial charge in [-0.2, -0.15) is 0 Å². The van der Waals surface area contributed by atoms with Crippen molar-refractivity contribution in [3.8, 4) is 0 Å². The highest BCUT2D eigenvalue weighted by molar-refractivity contribution is 7.18. The molecule has 22 heavy (non-hydrogen) atoms. The summed E-state index contributed by atoms with van der Waals surface area (Å²) in [5.74, 6) is 0. The lowest BCUT2D eigenvalue weighted by Gasteiger charge is -2.23. The number of thiazole rings is 1. The number of benzene rings is 2. The van der Waals surface area contributed by atoms with Gasteiger partial charge in [0.1, 0.15) is 5.01 Å². The van der Waals surface area contributed by atoms with E-state index in [0.29, 0.717) is 0 Å². The van der Waals surface area contributed by atoms with Crippen LogP contribution in [0.15, 0.2) is 61.2 Å². The first-order valence-corrected chi connectivity index (χ1v) is 8.47. The molecular weight excluding hydrogens is 286 g/mol. The summed E-state index contributed by atoms with van der Waals surface area (Å²) in [5.41, 5.74) is 3.67. The fourth-order valence-corrected chi connectivity index (χ4v) is 3.86. The highest BCUT2D eigenvalue weighted by Crippen LogP contribution is 2.36. The van der Waals surface area contributed by atoms with Crippen LogP contribution in [0.2, 0.25) is 0 Å². The topological polar surface area (TPSA) is 12.9 Å². The standard InChI is InChI=1S/C20H21NS/c1-4-20(3,13-12-16-8-6-5-7-9-16)19-21-17-11-10-15(2)14-18(17)22-19/h4-11,14H,1,12-13H2,2-3H3/t20-/m0/s1. The molecule has 2 heteroatoms. The summed E-state index contributed by atoms with van der Waals surface area (Å²) in [5, 5.41) is 1.17. The summed E-state index contributed by atoms with van der Waals surface area (Å²) in [7, 11) is 0. The maximum absolute atomic E-state index is 4.86. The molecule has 0 N–H and O–H groups in total. The molecule has 0 aliphatic heterocycles. The molecule has 1 heterocycles. The molecular formula is C20H21NS. The van der Waals surface area contributed by atoms with E-state index < -0.39 is 0 Å². The summed E-state index contributed by atoms with van der Waals surface area (Å²) >= 11 is 1.80. The Hall–Kier alpha value is -1.93. The van der Waals surface area contributed by atoms with Crippen molar-refractivity contribution in [2.24, 2.45) is 0 Å². The van der Waals surface area contributed by atoms with Gasteiger partial charge in [-0.3, -0.25) is 0 Å². The molecule has 1 nitrogen and oxygen atoms in total. The highest BCUT2D eigenvalue weighted by Gasteiger charge is 2.26. The van der Waals surface area contributed by atoms with Crippen LogP contribution in [-0.4, -0.2) is 4.98 Å². The van der Waals surface area contributed by atoms with E-state index in [1.807, 2.05) is 0 Å². The van der Waals surface area contributed by atoms with E-state index in [-0.39, 0.29) is 5.41 Å². The second-order valence-electron chi connectivity index (χ2n) is 6.10. The molecule has 0 bridgehead atoms. The first-order chi connectivity index (χ1) is 10.6. The maximum Gasteiger partial charge on any atom is 0.103 e. The zero-order chi connectivity index (χ0) is 15.6. The van der Waals surface area contributed by atoms with E-state index in [1.54, 1.807) is 11.3 Å². The summed E-state index contributed by atoms with van der Waals surface area (Å²) in [4.78, 5) is 4.86. The van der Waals surface area contributed by atoms with Crippen LogP contribution in [0.5, 0.6) is 0 Å². The molecule has 0 saturated heterocycles. The largest absolute Gasteiger partial charge is 0.240 e. The van der Waals surface area contributed by atoms with Crippen LogP contribution in [0.3, 0.4) is 0 Å². The normalized spacial score (nSPS) is 13.9. The smallest absolute Gasteiger partial charge is 0.103 e. The second kappa shape index (κ2) is 6.05. The molecule has 0 saturated carbocycles. The molecule has 1 atom stereocenters. The Balaban J connectivity index is 1.88. The molecule has 0 aliphatic rings. The number of nitrogens with zero attached hydrogens (tertiary/aromatic N) is 1. The number of rotatable bonds is 5. The van der Waals surface area contributed by atoms with E-state index in [9.17, 15) is 0 Å². The van der Waals surface area contributed by atoms with Gasteiger partial charge < -0.3 is 0 Å². The fraction of sp³-hybridized carbons (Fsp3) is 0.250. The Bertz CT molecular complexity index is 788. The minimum Gasteiger partial charge on any atom is -0.240 e. The maximum atomic E-state index is 4.86. The quantitative estimate of drug-likeness (QED) is 0.552. The summed E-state index contributed by atoms with van der Waals surface area (Å²) in [6.45, 7) is 8.45. The van der Waals surface area contributed by atoms with Crippen molar-refractivity contribution >= 4 is 21.6 Å². The monoisotopic (exact) mass is 307 g/mol. The van der Waals surface area contributed by atoms with Gasteiger partial charge in [-0.1, -0.05) is 42.5 Å². The third kappa shape index (κ3) is 2.97. The molecule has 0 unspecified atom stereocenters. The SMILES string of the molecule is C=C[C@@](C)(CCc1ccccc1)c1nc2ccc(C)cc2s1. The molecule has 0 aliphatic carbocycles. The lowest BCUT2D eigenvalue weighted by Crippen LogP contribution is -2.19. The third-order valence-corrected chi connectivity index (χ3v) is 5.56. The molecule has 112 valence electrons. The zero-order valence-electron chi connectivity index (χ0n) is 13.2. The highest BCUT2D eigenvalue weighted by atomic mass is 32.1. The van der Waals surface area contributed by atoms with Gasteiger partial charge in [0.2, 0.25) is 0 Å². The second-order valence-corrected chi connectivity index (χ2v) is 7.13. The van der Waals surface area contributed by atoms with Crippen molar-refractivity contribution in [2.45, 2.75) is 32.1 Å². The number of fused-ring (bicyclic) bond motifs is 1. The first kappa shape index (κ1) is 15.0. The van der Waals surface area contributed by atoms with Crippen LogP contribution in [0, 0.1) is 6.92 Å². The third-order valence-electron chi connectivity index (χ3n) is 4.26. The number of aromatic nitrogens is 1. The van der Waals surface area contributed by atoms with Crippen LogP contribution >= 0.6 is 11.3 Å². The first-order valence-electron chi connectivity index (χ1n) is 7.66. The van der Waals surface area contributed by atoms with Crippen LogP contribution in [0.4, 0.5) is 0 Å². The minimum absolute atomic E-state index is 0.0760. The Kier molecular flexibility index (Phi) is 4.12. The molecule has 2 aromatic carbocycles. The zero-order valence-corrected chi connectivity index (χ0v) is 14.0. The van der Waals surface area contributed by atoms with Crippen molar-refractivity contribution in [1.29, 1.82) is 0 Å².